The number of ether oxygens (including phenoxy) is 1. The molecule has 0 bridgehead atoms. The molecule has 2 aliphatic heterocycles. The van der Waals surface area contributed by atoms with Gasteiger partial charge < -0.3 is 20.3 Å². The molecule has 0 radical (unpaired) electrons. The van der Waals surface area contributed by atoms with Crippen LogP contribution in [0.4, 0.5) is 4.39 Å². The molecule has 2 atom stereocenters. The number of pyridine rings is 1. The van der Waals surface area contributed by atoms with Crippen LogP contribution in [0.1, 0.15) is 43.6 Å². The Morgan fingerprint density at radius 2 is 1.88 bits per heavy atom. The summed E-state index contributed by atoms with van der Waals surface area (Å²) in [6, 6.07) is 12.6. The van der Waals surface area contributed by atoms with Gasteiger partial charge in [-0.25, -0.2) is 4.39 Å². The molecule has 1 saturated carbocycles. The predicted octanol–water partition coefficient (Wildman–Crippen LogP) is 4.01. The van der Waals surface area contributed by atoms with E-state index in [9.17, 15) is 0 Å². The second-order valence-electron chi connectivity index (χ2n) is 10.2. The zero-order valence-corrected chi connectivity index (χ0v) is 19.7. The molecule has 0 spiro atoms. The highest BCUT2D eigenvalue weighted by molar-refractivity contribution is 5.60. The van der Waals surface area contributed by atoms with Crippen molar-refractivity contribution >= 4 is 0 Å². The number of rotatable bonds is 8. The van der Waals surface area contributed by atoms with Gasteiger partial charge in [-0.1, -0.05) is 6.07 Å². The Balaban J connectivity index is 1.06. The van der Waals surface area contributed by atoms with Crippen molar-refractivity contribution in [1.82, 2.24) is 20.5 Å². The standard InChI is InChI=1S/C27H37FN4O/c1-33-23-5-2-21(3-6-23)25-7-4-22(17-30-25)24-16-26(24)31-19-27(28)10-14-32(15-11-27)18-20-8-12-29-13-9-20/h2-7,17,20,24,26,29,31H,8-16,18-19H2,1H3. The smallest absolute Gasteiger partial charge is 0.125 e. The van der Waals surface area contributed by atoms with Gasteiger partial charge >= 0.3 is 0 Å². The molecule has 2 N–H and O–H groups in total. The first kappa shape index (κ1) is 22.8. The van der Waals surface area contributed by atoms with Crippen LogP contribution in [-0.4, -0.2) is 68.0 Å². The lowest BCUT2D eigenvalue weighted by Crippen LogP contribution is -2.49. The van der Waals surface area contributed by atoms with E-state index in [1.807, 2.05) is 30.5 Å². The zero-order valence-electron chi connectivity index (χ0n) is 19.7. The number of aromatic nitrogens is 1. The number of alkyl halides is 1. The fourth-order valence-corrected chi connectivity index (χ4v) is 5.40. The van der Waals surface area contributed by atoms with Crippen LogP contribution in [-0.2, 0) is 0 Å². The first-order valence-electron chi connectivity index (χ1n) is 12.6. The van der Waals surface area contributed by atoms with Crippen molar-refractivity contribution in [3.05, 3.63) is 48.2 Å². The molecule has 178 valence electrons. The molecule has 1 aromatic heterocycles. The molecule has 1 aliphatic carbocycles. The van der Waals surface area contributed by atoms with Gasteiger partial charge in [-0.15, -0.1) is 0 Å². The molecule has 2 aromatic rings. The lowest BCUT2D eigenvalue weighted by atomic mass is 9.91. The van der Waals surface area contributed by atoms with Gasteiger partial charge in [-0.3, -0.25) is 4.98 Å². The molecule has 3 fully saturated rings. The summed E-state index contributed by atoms with van der Waals surface area (Å²) in [5, 5.41) is 6.96. The van der Waals surface area contributed by atoms with Crippen LogP contribution in [0.5, 0.6) is 5.75 Å². The zero-order chi connectivity index (χ0) is 22.7. The van der Waals surface area contributed by atoms with Gasteiger partial charge in [0.25, 0.3) is 0 Å². The Labute approximate surface area is 197 Å². The highest BCUT2D eigenvalue weighted by atomic mass is 19.1. The summed E-state index contributed by atoms with van der Waals surface area (Å²) in [5.41, 5.74) is 2.23. The lowest BCUT2D eigenvalue weighted by Gasteiger charge is -2.38. The van der Waals surface area contributed by atoms with Crippen LogP contribution in [0.3, 0.4) is 0 Å². The molecule has 5 nitrogen and oxygen atoms in total. The average Bonchev–Trinajstić information content (AvgIpc) is 3.65. The van der Waals surface area contributed by atoms with Crippen LogP contribution < -0.4 is 15.4 Å². The van der Waals surface area contributed by atoms with E-state index in [-0.39, 0.29) is 0 Å². The third kappa shape index (κ3) is 5.73. The summed E-state index contributed by atoms with van der Waals surface area (Å²) in [5.74, 6) is 2.08. The van der Waals surface area contributed by atoms with Gasteiger partial charge in [-0.05, 0) is 87.0 Å². The van der Waals surface area contributed by atoms with Gasteiger partial charge in [0.1, 0.15) is 11.4 Å². The van der Waals surface area contributed by atoms with Gasteiger partial charge in [-0.2, -0.15) is 0 Å². The third-order valence-corrected chi connectivity index (χ3v) is 7.80. The second kappa shape index (κ2) is 10.1. The maximum absolute atomic E-state index is 15.4. The minimum Gasteiger partial charge on any atom is -0.497 e. The van der Waals surface area contributed by atoms with E-state index in [1.165, 1.54) is 18.4 Å². The summed E-state index contributed by atoms with van der Waals surface area (Å²) in [6.45, 7) is 5.69. The van der Waals surface area contributed by atoms with Crippen LogP contribution in [0.15, 0.2) is 42.6 Å². The van der Waals surface area contributed by atoms with Crippen LogP contribution in [0.2, 0.25) is 0 Å². The van der Waals surface area contributed by atoms with Crippen molar-refractivity contribution in [2.24, 2.45) is 5.92 Å². The fraction of sp³-hybridized carbons (Fsp3) is 0.593. The van der Waals surface area contributed by atoms with E-state index < -0.39 is 5.67 Å². The molecule has 6 heteroatoms. The molecule has 33 heavy (non-hydrogen) atoms. The molecule has 3 aliphatic rings. The number of methoxy groups -OCH3 is 1. The number of halogens is 1. The molecule has 2 unspecified atom stereocenters. The van der Waals surface area contributed by atoms with E-state index >= 15 is 4.39 Å². The predicted molar refractivity (Wildman–Crippen MR) is 130 cm³/mol. The maximum Gasteiger partial charge on any atom is 0.125 e. The number of hydrogen-bond acceptors (Lipinski definition) is 5. The Kier molecular flexibility index (Phi) is 6.95. The minimum absolute atomic E-state index is 0.374. The van der Waals surface area contributed by atoms with Crippen molar-refractivity contribution in [2.75, 3.05) is 46.4 Å². The Morgan fingerprint density at radius 3 is 2.55 bits per heavy atom. The normalized spacial score (nSPS) is 25.6. The Hall–Kier alpha value is -2.02. The fourth-order valence-electron chi connectivity index (χ4n) is 5.40. The van der Waals surface area contributed by atoms with Crippen molar-refractivity contribution in [1.29, 1.82) is 0 Å². The number of nitrogens with one attached hydrogen (secondary N) is 2. The molecule has 2 saturated heterocycles. The average molecular weight is 453 g/mol. The third-order valence-electron chi connectivity index (χ3n) is 7.80. The highest BCUT2D eigenvalue weighted by Crippen LogP contribution is 2.41. The van der Waals surface area contributed by atoms with E-state index in [0.29, 0.717) is 31.3 Å². The summed E-state index contributed by atoms with van der Waals surface area (Å²) in [6.07, 6.45) is 6.88. The molecular weight excluding hydrogens is 415 g/mol. The number of piperidine rings is 2. The molecular formula is C27H37FN4O. The van der Waals surface area contributed by atoms with E-state index in [1.54, 1.807) is 7.11 Å². The van der Waals surface area contributed by atoms with Gasteiger partial charge in [0.15, 0.2) is 0 Å². The summed E-state index contributed by atoms with van der Waals surface area (Å²) in [4.78, 5) is 7.16. The van der Waals surface area contributed by atoms with Crippen molar-refractivity contribution < 1.29 is 9.13 Å². The monoisotopic (exact) mass is 452 g/mol. The quantitative estimate of drug-likeness (QED) is 0.634. The number of likely N-dealkylation sites (tertiary alicyclic amines) is 1. The Bertz CT molecular complexity index is 889. The largest absolute Gasteiger partial charge is 0.497 e. The number of nitrogens with zero attached hydrogens (tertiary/aromatic N) is 2. The molecule has 3 heterocycles. The van der Waals surface area contributed by atoms with Gasteiger partial charge in [0.2, 0.25) is 0 Å². The van der Waals surface area contributed by atoms with Crippen molar-refractivity contribution in [3.8, 4) is 17.0 Å². The van der Waals surface area contributed by atoms with Crippen LogP contribution in [0, 0.1) is 5.92 Å². The summed E-state index contributed by atoms with van der Waals surface area (Å²) in [7, 11) is 1.67. The van der Waals surface area contributed by atoms with Gasteiger partial charge in [0.05, 0.1) is 12.8 Å². The topological polar surface area (TPSA) is 49.4 Å². The van der Waals surface area contributed by atoms with Crippen molar-refractivity contribution in [3.63, 3.8) is 0 Å². The lowest BCUT2D eigenvalue weighted by molar-refractivity contribution is 0.0484. The summed E-state index contributed by atoms with van der Waals surface area (Å²) < 4.78 is 20.6. The minimum atomic E-state index is -1.06. The molecule has 0 amide bonds. The first-order chi connectivity index (χ1) is 16.1. The Morgan fingerprint density at radius 1 is 1.12 bits per heavy atom. The van der Waals surface area contributed by atoms with E-state index in [0.717, 1.165) is 62.1 Å². The summed E-state index contributed by atoms with van der Waals surface area (Å²) >= 11 is 0. The molecule has 5 rings (SSSR count). The number of hydrogen-bond donors (Lipinski definition) is 2. The van der Waals surface area contributed by atoms with Crippen LogP contribution in [0.25, 0.3) is 11.3 Å². The SMILES string of the molecule is COc1ccc(-c2ccc(C3CC3NCC3(F)CCN(CC4CCNCC4)CC3)cn2)cc1. The molecule has 1 aromatic carbocycles. The van der Waals surface area contributed by atoms with E-state index in [2.05, 4.69) is 32.7 Å². The van der Waals surface area contributed by atoms with Gasteiger partial charge in [0, 0.05) is 49.9 Å². The highest BCUT2D eigenvalue weighted by Gasteiger charge is 2.42. The second-order valence-corrected chi connectivity index (χ2v) is 10.2. The van der Waals surface area contributed by atoms with Crippen LogP contribution >= 0.6 is 0 Å². The first-order valence-corrected chi connectivity index (χ1v) is 12.6. The maximum atomic E-state index is 15.4. The number of benzene rings is 1. The van der Waals surface area contributed by atoms with E-state index in [4.69, 9.17) is 4.74 Å². The van der Waals surface area contributed by atoms with Crippen molar-refractivity contribution in [2.45, 2.75) is 49.7 Å².